The van der Waals surface area contributed by atoms with E-state index in [0.29, 0.717) is 13.2 Å². The van der Waals surface area contributed by atoms with Crippen molar-refractivity contribution in [2.45, 2.75) is 0 Å². The molecule has 0 aliphatic carbocycles. The molecule has 1 aromatic carbocycles. The van der Waals surface area contributed by atoms with Crippen LogP contribution in [0, 0.1) is 11.6 Å². The maximum Gasteiger partial charge on any atom is 0.155 e. The zero-order valence-electron chi connectivity index (χ0n) is 11.4. The van der Waals surface area contributed by atoms with Crippen LogP contribution in [0.2, 0.25) is 0 Å². The lowest BCUT2D eigenvalue weighted by Gasteiger charge is -2.32. The number of ether oxygens (including phenoxy) is 1. The molecule has 4 nitrogen and oxygen atoms in total. The van der Waals surface area contributed by atoms with Crippen LogP contribution in [0.5, 0.6) is 5.75 Å². The molecule has 0 unspecified atom stereocenters. The quantitative estimate of drug-likeness (QED) is 0.765. The Morgan fingerprint density at radius 3 is 2.35 bits per heavy atom. The summed E-state index contributed by atoms with van der Waals surface area (Å²) < 4.78 is 32.1. The summed E-state index contributed by atoms with van der Waals surface area (Å²) >= 11 is 0. The number of benzene rings is 1. The standard InChI is InChI=1S/C14H18F2N2O2/c1-17-2-4-18(5-3-17)6-7-20-11-8-13(15)12(10-19)14(16)9-11/h8-10H,2-7H2,1H3. The van der Waals surface area contributed by atoms with Crippen LogP contribution >= 0.6 is 0 Å². The van der Waals surface area contributed by atoms with Crippen molar-refractivity contribution in [1.82, 2.24) is 9.80 Å². The summed E-state index contributed by atoms with van der Waals surface area (Å²) in [7, 11) is 2.08. The minimum atomic E-state index is -0.894. The minimum Gasteiger partial charge on any atom is -0.492 e. The summed E-state index contributed by atoms with van der Waals surface area (Å²) in [5.41, 5.74) is -0.559. The zero-order valence-corrected chi connectivity index (χ0v) is 11.4. The van der Waals surface area contributed by atoms with Gasteiger partial charge in [-0.25, -0.2) is 8.78 Å². The summed E-state index contributed by atoms with van der Waals surface area (Å²) in [6, 6.07) is 2.08. The first-order valence-corrected chi connectivity index (χ1v) is 6.58. The van der Waals surface area contributed by atoms with Crippen LogP contribution in [0.25, 0.3) is 0 Å². The Morgan fingerprint density at radius 2 is 1.80 bits per heavy atom. The molecule has 1 saturated heterocycles. The molecule has 0 saturated carbocycles. The second kappa shape index (κ2) is 6.76. The van der Waals surface area contributed by atoms with Crippen molar-refractivity contribution in [3.8, 4) is 5.75 Å². The maximum atomic E-state index is 13.4. The van der Waals surface area contributed by atoms with Crippen LogP contribution in [0.15, 0.2) is 12.1 Å². The van der Waals surface area contributed by atoms with Crippen molar-refractivity contribution >= 4 is 6.29 Å². The van der Waals surface area contributed by atoms with Gasteiger partial charge in [-0.05, 0) is 7.05 Å². The van der Waals surface area contributed by atoms with Crippen molar-refractivity contribution in [2.75, 3.05) is 46.4 Å². The van der Waals surface area contributed by atoms with Gasteiger partial charge >= 0.3 is 0 Å². The van der Waals surface area contributed by atoms with E-state index < -0.39 is 17.2 Å². The lowest BCUT2D eigenvalue weighted by Crippen LogP contribution is -2.45. The molecule has 0 spiro atoms. The molecule has 6 heteroatoms. The van der Waals surface area contributed by atoms with E-state index in [2.05, 4.69) is 16.8 Å². The van der Waals surface area contributed by atoms with Gasteiger partial charge in [0.05, 0.1) is 5.56 Å². The van der Waals surface area contributed by atoms with Crippen LogP contribution in [-0.2, 0) is 0 Å². The fraction of sp³-hybridized carbons (Fsp3) is 0.500. The van der Waals surface area contributed by atoms with E-state index in [9.17, 15) is 13.6 Å². The molecule has 1 heterocycles. The molecule has 1 aromatic rings. The highest BCUT2D eigenvalue weighted by Gasteiger charge is 2.14. The largest absolute Gasteiger partial charge is 0.492 e. The number of nitrogens with zero attached hydrogens (tertiary/aromatic N) is 2. The van der Waals surface area contributed by atoms with E-state index in [-0.39, 0.29) is 12.0 Å². The molecule has 110 valence electrons. The van der Waals surface area contributed by atoms with Crippen molar-refractivity contribution in [3.63, 3.8) is 0 Å². The molecule has 0 N–H and O–H groups in total. The number of rotatable bonds is 5. The molecule has 0 bridgehead atoms. The Labute approximate surface area is 116 Å². The number of aldehydes is 1. The van der Waals surface area contributed by atoms with Crippen molar-refractivity contribution in [1.29, 1.82) is 0 Å². The highest BCUT2D eigenvalue weighted by atomic mass is 19.1. The SMILES string of the molecule is CN1CCN(CCOc2cc(F)c(C=O)c(F)c2)CC1. The van der Waals surface area contributed by atoms with Gasteiger partial charge in [0.25, 0.3) is 0 Å². The molecular formula is C14H18F2N2O2. The van der Waals surface area contributed by atoms with Crippen molar-refractivity contribution in [3.05, 3.63) is 29.3 Å². The number of carbonyl (C=O) groups is 1. The monoisotopic (exact) mass is 284 g/mol. The molecule has 0 aromatic heterocycles. The summed E-state index contributed by atoms with van der Waals surface area (Å²) in [5.74, 6) is -1.68. The van der Waals surface area contributed by atoms with Crippen LogP contribution in [0.1, 0.15) is 10.4 Å². The first kappa shape index (κ1) is 14.9. The first-order chi connectivity index (χ1) is 9.60. The number of hydrogen-bond donors (Lipinski definition) is 0. The van der Waals surface area contributed by atoms with E-state index in [1.165, 1.54) is 0 Å². The Balaban J connectivity index is 1.84. The third-order valence-corrected chi connectivity index (χ3v) is 3.44. The smallest absolute Gasteiger partial charge is 0.155 e. The summed E-state index contributed by atoms with van der Waals surface area (Å²) in [5, 5.41) is 0. The number of carbonyl (C=O) groups excluding carboxylic acids is 1. The van der Waals surface area contributed by atoms with Crippen LogP contribution < -0.4 is 4.74 Å². The van der Waals surface area contributed by atoms with Crippen LogP contribution in [-0.4, -0.2) is 62.5 Å². The van der Waals surface area contributed by atoms with Gasteiger partial charge in [-0.2, -0.15) is 0 Å². The summed E-state index contributed by atoms with van der Waals surface area (Å²) in [6.45, 7) is 5.03. The lowest BCUT2D eigenvalue weighted by atomic mass is 10.2. The molecule has 20 heavy (non-hydrogen) atoms. The average Bonchev–Trinajstić information content (AvgIpc) is 2.41. The predicted octanol–water partition coefficient (Wildman–Crippen LogP) is 1.40. The fourth-order valence-corrected chi connectivity index (χ4v) is 2.12. The molecule has 1 aliphatic heterocycles. The van der Waals surface area contributed by atoms with E-state index in [1.807, 2.05) is 0 Å². The Bertz CT molecular complexity index is 451. The number of halogens is 2. The lowest BCUT2D eigenvalue weighted by molar-refractivity contribution is 0.111. The van der Waals surface area contributed by atoms with Gasteiger partial charge < -0.3 is 9.64 Å². The van der Waals surface area contributed by atoms with E-state index >= 15 is 0 Å². The van der Waals surface area contributed by atoms with Crippen molar-refractivity contribution in [2.24, 2.45) is 0 Å². The molecule has 0 amide bonds. The minimum absolute atomic E-state index is 0.111. The summed E-state index contributed by atoms with van der Waals surface area (Å²) in [4.78, 5) is 15.0. The van der Waals surface area contributed by atoms with E-state index in [0.717, 1.165) is 38.3 Å². The Hall–Kier alpha value is -1.53. The van der Waals surface area contributed by atoms with Crippen LogP contribution in [0.3, 0.4) is 0 Å². The molecular weight excluding hydrogens is 266 g/mol. The number of hydrogen-bond acceptors (Lipinski definition) is 4. The number of piperazine rings is 1. The van der Waals surface area contributed by atoms with Crippen molar-refractivity contribution < 1.29 is 18.3 Å². The molecule has 1 aliphatic rings. The molecule has 1 fully saturated rings. The van der Waals surface area contributed by atoms with Gasteiger partial charge in [-0.3, -0.25) is 9.69 Å². The van der Waals surface area contributed by atoms with Gasteiger partial charge in [-0.15, -0.1) is 0 Å². The van der Waals surface area contributed by atoms with E-state index in [1.54, 1.807) is 0 Å². The number of likely N-dealkylation sites (N-methyl/N-ethyl adjacent to an activating group) is 1. The fourth-order valence-electron chi connectivity index (χ4n) is 2.12. The molecule has 2 rings (SSSR count). The highest BCUT2D eigenvalue weighted by molar-refractivity contribution is 5.75. The Morgan fingerprint density at radius 1 is 1.20 bits per heavy atom. The first-order valence-electron chi connectivity index (χ1n) is 6.58. The second-order valence-corrected chi connectivity index (χ2v) is 4.91. The third kappa shape index (κ3) is 3.74. The zero-order chi connectivity index (χ0) is 14.5. The normalized spacial score (nSPS) is 17.1. The summed E-state index contributed by atoms with van der Waals surface area (Å²) in [6.07, 6.45) is 0.165. The molecule has 0 radical (unpaired) electrons. The maximum absolute atomic E-state index is 13.4. The van der Waals surface area contributed by atoms with Crippen LogP contribution in [0.4, 0.5) is 8.78 Å². The van der Waals surface area contributed by atoms with Gasteiger partial charge in [0, 0.05) is 44.9 Å². The topological polar surface area (TPSA) is 32.8 Å². The predicted molar refractivity (Wildman–Crippen MR) is 71.2 cm³/mol. The third-order valence-electron chi connectivity index (χ3n) is 3.44. The second-order valence-electron chi connectivity index (χ2n) is 4.91. The van der Waals surface area contributed by atoms with Gasteiger partial charge in [0.2, 0.25) is 0 Å². The Kier molecular flexibility index (Phi) is 5.03. The highest BCUT2D eigenvalue weighted by Crippen LogP contribution is 2.19. The van der Waals surface area contributed by atoms with Gasteiger partial charge in [0.1, 0.15) is 24.0 Å². The average molecular weight is 284 g/mol. The van der Waals surface area contributed by atoms with Gasteiger partial charge in [0.15, 0.2) is 6.29 Å². The van der Waals surface area contributed by atoms with E-state index in [4.69, 9.17) is 4.74 Å². The molecule has 0 atom stereocenters. The van der Waals surface area contributed by atoms with Gasteiger partial charge in [-0.1, -0.05) is 0 Å².